The van der Waals surface area contributed by atoms with Crippen LogP contribution in [0, 0.1) is 0 Å². The lowest BCUT2D eigenvalue weighted by molar-refractivity contribution is -0.141. The molecule has 0 bridgehead atoms. The van der Waals surface area contributed by atoms with E-state index < -0.39 is 11.9 Å². The maximum absolute atomic E-state index is 12.5. The van der Waals surface area contributed by atoms with Crippen molar-refractivity contribution in [1.29, 1.82) is 0 Å². The van der Waals surface area contributed by atoms with E-state index in [1.807, 2.05) is 0 Å². The molecule has 0 spiro atoms. The predicted octanol–water partition coefficient (Wildman–Crippen LogP) is 2.74. The minimum Gasteiger partial charge on any atom is -0.398 e. The third-order valence-electron chi connectivity index (χ3n) is 2.15. The van der Waals surface area contributed by atoms with Gasteiger partial charge in [0, 0.05) is 17.4 Å². The number of para-hydroxylation sites is 1. The summed E-state index contributed by atoms with van der Waals surface area (Å²) in [6.45, 7) is 0. The second-order valence-corrected chi connectivity index (χ2v) is 3.35. The minimum atomic E-state index is -4.48. The van der Waals surface area contributed by atoms with Gasteiger partial charge in [0.25, 0.3) is 0 Å². The molecule has 0 unspecified atom stereocenters. The largest absolute Gasteiger partial charge is 0.433 e. The van der Waals surface area contributed by atoms with Gasteiger partial charge in [-0.15, -0.1) is 0 Å². The van der Waals surface area contributed by atoms with Gasteiger partial charge < -0.3 is 5.73 Å². The van der Waals surface area contributed by atoms with E-state index in [0.717, 1.165) is 12.3 Å². The molecule has 0 aliphatic carbocycles. The zero-order chi connectivity index (χ0) is 12.5. The lowest BCUT2D eigenvalue weighted by Crippen LogP contribution is -2.09. The Morgan fingerprint density at radius 1 is 1.06 bits per heavy atom. The summed E-state index contributed by atoms with van der Waals surface area (Å²) in [5.41, 5.74) is 5.40. The fourth-order valence-electron chi connectivity index (χ4n) is 1.35. The number of benzene rings is 1. The molecule has 0 aliphatic rings. The minimum absolute atomic E-state index is 0.0297. The van der Waals surface area contributed by atoms with Crippen LogP contribution >= 0.6 is 0 Å². The average Bonchev–Trinajstić information content (AvgIpc) is 2.29. The molecule has 0 radical (unpaired) electrons. The summed E-state index contributed by atoms with van der Waals surface area (Å²) in [5, 5.41) is 0. The molecule has 2 N–H and O–H groups in total. The number of alkyl halides is 3. The molecular weight excluding hydrogens is 231 g/mol. The standard InChI is InChI=1S/C11H8F3N3/c12-11(13,14)9-5-6-16-10(17-9)7-3-1-2-4-8(7)15/h1-6H,15H2. The van der Waals surface area contributed by atoms with Gasteiger partial charge in [-0.05, 0) is 18.2 Å². The van der Waals surface area contributed by atoms with E-state index in [-0.39, 0.29) is 5.82 Å². The molecule has 88 valence electrons. The first-order valence-corrected chi connectivity index (χ1v) is 4.73. The highest BCUT2D eigenvalue weighted by atomic mass is 19.4. The van der Waals surface area contributed by atoms with E-state index >= 15 is 0 Å². The van der Waals surface area contributed by atoms with Crippen LogP contribution in [0.1, 0.15) is 5.69 Å². The van der Waals surface area contributed by atoms with Crippen LogP contribution in [0.3, 0.4) is 0 Å². The summed E-state index contributed by atoms with van der Waals surface area (Å²) in [5.74, 6) is -0.0297. The second kappa shape index (κ2) is 4.04. The molecule has 0 aliphatic heterocycles. The van der Waals surface area contributed by atoms with Crippen molar-refractivity contribution in [2.75, 3.05) is 5.73 Å². The molecule has 3 nitrogen and oxygen atoms in total. The average molecular weight is 239 g/mol. The van der Waals surface area contributed by atoms with Crippen LogP contribution in [0.5, 0.6) is 0 Å². The molecule has 2 aromatic rings. The van der Waals surface area contributed by atoms with Crippen molar-refractivity contribution >= 4 is 5.69 Å². The molecule has 17 heavy (non-hydrogen) atoms. The lowest BCUT2D eigenvalue weighted by atomic mass is 10.1. The Labute approximate surface area is 95.1 Å². The third-order valence-corrected chi connectivity index (χ3v) is 2.15. The molecule has 1 aromatic carbocycles. The van der Waals surface area contributed by atoms with Crippen molar-refractivity contribution in [3.8, 4) is 11.4 Å². The van der Waals surface area contributed by atoms with Crippen molar-refractivity contribution in [2.24, 2.45) is 0 Å². The van der Waals surface area contributed by atoms with Crippen LogP contribution in [-0.2, 0) is 6.18 Å². The van der Waals surface area contributed by atoms with Crippen LogP contribution in [0.15, 0.2) is 36.5 Å². The Balaban J connectivity index is 2.51. The molecule has 0 amide bonds. The Hall–Kier alpha value is -2.11. The lowest BCUT2D eigenvalue weighted by Gasteiger charge is -2.08. The van der Waals surface area contributed by atoms with E-state index in [0.29, 0.717) is 11.3 Å². The quantitative estimate of drug-likeness (QED) is 0.778. The van der Waals surface area contributed by atoms with Crippen molar-refractivity contribution in [1.82, 2.24) is 9.97 Å². The van der Waals surface area contributed by atoms with Crippen molar-refractivity contribution in [3.05, 3.63) is 42.2 Å². The number of anilines is 1. The number of nitrogen functional groups attached to an aromatic ring is 1. The number of hydrogen-bond donors (Lipinski definition) is 1. The number of hydrogen-bond acceptors (Lipinski definition) is 3. The van der Waals surface area contributed by atoms with Crippen LogP contribution in [0.4, 0.5) is 18.9 Å². The van der Waals surface area contributed by atoms with Crippen LogP contribution in [-0.4, -0.2) is 9.97 Å². The molecule has 2 rings (SSSR count). The molecule has 0 atom stereocenters. The van der Waals surface area contributed by atoms with Crippen molar-refractivity contribution < 1.29 is 13.2 Å². The van der Waals surface area contributed by atoms with Gasteiger partial charge in [-0.3, -0.25) is 0 Å². The van der Waals surface area contributed by atoms with Gasteiger partial charge in [0.2, 0.25) is 0 Å². The first-order valence-electron chi connectivity index (χ1n) is 4.73. The topological polar surface area (TPSA) is 51.8 Å². The van der Waals surface area contributed by atoms with Gasteiger partial charge in [-0.25, -0.2) is 9.97 Å². The van der Waals surface area contributed by atoms with Gasteiger partial charge in [-0.1, -0.05) is 12.1 Å². The summed E-state index contributed by atoms with van der Waals surface area (Å²) in [7, 11) is 0. The van der Waals surface area contributed by atoms with E-state index in [4.69, 9.17) is 5.73 Å². The second-order valence-electron chi connectivity index (χ2n) is 3.35. The van der Waals surface area contributed by atoms with Gasteiger partial charge in [0.05, 0.1) is 0 Å². The molecule has 0 saturated carbocycles. The van der Waals surface area contributed by atoms with Gasteiger partial charge in [-0.2, -0.15) is 13.2 Å². The van der Waals surface area contributed by atoms with E-state index in [9.17, 15) is 13.2 Å². The van der Waals surface area contributed by atoms with E-state index in [1.54, 1.807) is 24.3 Å². The molecule has 0 fully saturated rings. The summed E-state index contributed by atoms with van der Waals surface area (Å²) >= 11 is 0. The summed E-state index contributed by atoms with van der Waals surface area (Å²) in [6.07, 6.45) is -3.42. The SMILES string of the molecule is Nc1ccccc1-c1nccc(C(F)(F)F)n1. The molecular formula is C11H8F3N3. The zero-order valence-electron chi connectivity index (χ0n) is 8.57. The highest BCUT2D eigenvalue weighted by Crippen LogP contribution is 2.29. The number of nitrogens with zero attached hydrogens (tertiary/aromatic N) is 2. The van der Waals surface area contributed by atoms with Gasteiger partial charge in [0.1, 0.15) is 5.69 Å². The predicted molar refractivity (Wildman–Crippen MR) is 56.9 cm³/mol. The highest BCUT2D eigenvalue weighted by molar-refractivity contribution is 5.71. The van der Waals surface area contributed by atoms with Gasteiger partial charge in [0.15, 0.2) is 5.82 Å². The maximum atomic E-state index is 12.5. The summed E-state index contributed by atoms with van der Waals surface area (Å²) in [4.78, 5) is 7.25. The van der Waals surface area contributed by atoms with Crippen molar-refractivity contribution in [3.63, 3.8) is 0 Å². The summed E-state index contributed by atoms with van der Waals surface area (Å²) in [6, 6.07) is 7.33. The Kier molecular flexibility index (Phi) is 2.71. The fraction of sp³-hybridized carbons (Fsp3) is 0.0909. The van der Waals surface area contributed by atoms with Gasteiger partial charge >= 0.3 is 6.18 Å². The fourth-order valence-corrected chi connectivity index (χ4v) is 1.35. The molecule has 0 saturated heterocycles. The normalized spacial score (nSPS) is 11.5. The van der Waals surface area contributed by atoms with E-state index in [1.165, 1.54) is 0 Å². The first kappa shape index (κ1) is 11.4. The Morgan fingerprint density at radius 2 is 1.76 bits per heavy atom. The molecule has 1 aromatic heterocycles. The Bertz CT molecular complexity index is 537. The Morgan fingerprint density at radius 3 is 2.41 bits per heavy atom. The third kappa shape index (κ3) is 2.35. The smallest absolute Gasteiger partial charge is 0.398 e. The summed E-state index contributed by atoms with van der Waals surface area (Å²) < 4.78 is 37.4. The number of rotatable bonds is 1. The maximum Gasteiger partial charge on any atom is 0.433 e. The van der Waals surface area contributed by atoms with Crippen molar-refractivity contribution in [2.45, 2.75) is 6.18 Å². The van der Waals surface area contributed by atoms with Crippen LogP contribution < -0.4 is 5.73 Å². The van der Waals surface area contributed by atoms with Crippen LogP contribution in [0.2, 0.25) is 0 Å². The van der Waals surface area contributed by atoms with E-state index in [2.05, 4.69) is 9.97 Å². The molecule has 1 heterocycles. The number of halogens is 3. The number of aromatic nitrogens is 2. The molecule has 6 heteroatoms. The zero-order valence-corrected chi connectivity index (χ0v) is 8.57. The highest BCUT2D eigenvalue weighted by Gasteiger charge is 2.32. The first-order chi connectivity index (χ1) is 7.98. The number of nitrogens with two attached hydrogens (primary N) is 1. The monoisotopic (exact) mass is 239 g/mol. The van der Waals surface area contributed by atoms with Crippen LogP contribution in [0.25, 0.3) is 11.4 Å².